The highest BCUT2D eigenvalue weighted by Crippen LogP contribution is 2.29. The van der Waals surface area contributed by atoms with Crippen molar-refractivity contribution < 1.29 is 14.6 Å². The number of piperidine rings is 1. The van der Waals surface area contributed by atoms with Crippen LogP contribution in [0, 0.1) is 0 Å². The maximum absolute atomic E-state index is 11.8. The van der Waals surface area contributed by atoms with Crippen molar-refractivity contribution in [2.75, 3.05) is 13.1 Å². The number of carboxylic acid groups (broad SMARTS) is 1. The Balaban J connectivity index is 1.61. The number of ether oxygens (including phenoxy) is 1. The number of carbonyl (C=O) groups is 1. The zero-order chi connectivity index (χ0) is 19.7. The largest absolute Gasteiger partial charge is 0.490 e. The van der Waals surface area contributed by atoms with Gasteiger partial charge in [0.05, 0.1) is 23.6 Å². The lowest BCUT2D eigenvalue weighted by Crippen LogP contribution is -2.41. The van der Waals surface area contributed by atoms with E-state index in [2.05, 4.69) is 28.7 Å². The van der Waals surface area contributed by atoms with Crippen LogP contribution in [0.5, 0.6) is 5.75 Å². The predicted octanol–water partition coefficient (Wildman–Crippen LogP) is 3.37. The Bertz CT molecular complexity index is 976. The first-order valence-corrected chi connectivity index (χ1v) is 9.58. The first kappa shape index (κ1) is 18.4. The van der Waals surface area contributed by atoms with E-state index in [1.807, 2.05) is 18.2 Å². The lowest BCUT2D eigenvalue weighted by atomic mass is 10.1. The minimum absolute atomic E-state index is 0.173. The van der Waals surface area contributed by atoms with Gasteiger partial charge in [-0.15, -0.1) is 0 Å². The molecular formula is C21H24N4O3. The molecule has 7 nitrogen and oxygen atoms in total. The molecule has 1 N–H and O–H groups in total. The predicted molar refractivity (Wildman–Crippen MR) is 106 cm³/mol. The summed E-state index contributed by atoms with van der Waals surface area (Å²) in [6.07, 6.45) is 6.82. The highest BCUT2D eigenvalue weighted by atomic mass is 16.5. The molecule has 1 aliphatic heterocycles. The molecule has 7 heteroatoms. The Morgan fingerprint density at radius 2 is 1.89 bits per heavy atom. The Morgan fingerprint density at radius 3 is 2.54 bits per heavy atom. The second kappa shape index (κ2) is 7.59. The standard InChI is InChI=1S/C21H24N4O3/c1-14(2)24-7-5-17(6-8-24)28-18-3-4-19-15(9-18)10-20(21(26)27)25(19)16-11-22-13-23-12-16/h3-4,9-14,17H,5-8H2,1-2H3,(H,26,27). The van der Waals surface area contributed by atoms with E-state index in [9.17, 15) is 9.90 Å². The van der Waals surface area contributed by atoms with Gasteiger partial charge in [0.2, 0.25) is 0 Å². The normalized spacial score (nSPS) is 16.0. The fourth-order valence-electron chi connectivity index (χ4n) is 3.81. The van der Waals surface area contributed by atoms with Crippen LogP contribution in [0.15, 0.2) is 43.0 Å². The highest BCUT2D eigenvalue weighted by molar-refractivity contribution is 5.96. The van der Waals surface area contributed by atoms with Crippen molar-refractivity contribution in [3.63, 3.8) is 0 Å². The molecule has 1 fully saturated rings. The Kier molecular flexibility index (Phi) is 5.00. The second-order valence-electron chi connectivity index (χ2n) is 7.43. The van der Waals surface area contributed by atoms with E-state index < -0.39 is 5.97 Å². The average Bonchev–Trinajstić information content (AvgIpc) is 3.08. The molecule has 3 heterocycles. The number of carboxylic acids is 1. The Morgan fingerprint density at radius 1 is 1.18 bits per heavy atom. The Labute approximate surface area is 163 Å². The summed E-state index contributed by atoms with van der Waals surface area (Å²) in [4.78, 5) is 22.2. The Hall–Kier alpha value is -2.93. The summed E-state index contributed by atoms with van der Waals surface area (Å²) >= 11 is 0. The van der Waals surface area contributed by atoms with E-state index in [4.69, 9.17) is 4.74 Å². The minimum atomic E-state index is -0.997. The van der Waals surface area contributed by atoms with Crippen molar-refractivity contribution in [3.8, 4) is 11.4 Å². The van der Waals surface area contributed by atoms with Crippen LogP contribution in [0.2, 0.25) is 0 Å². The van der Waals surface area contributed by atoms with Gasteiger partial charge in [-0.2, -0.15) is 0 Å². The summed E-state index contributed by atoms with van der Waals surface area (Å²) in [7, 11) is 0. The first-order chi connectivity index (χ1) is 13.5. The molecule has 146 valence electrons. The molecule has 0 bridgehead atoms. The van der Waals surface area contributed by atoms with Crippen molar-refractivity contribution >= 4 is 16.9 Å². The van der Waals surface area contributed by atoms with E-state index in [1.165, 1.54) is 6.33 Å². The molecule has 0 unspecified atom stereocenters. The van der Waals surface area contributed by atoms with Gasteiger partial charge in [-0.25, -0.2) is 14.8 Å². The molecule has 3 aromatic rings. The van der Waals surface area contributed by atoms with Crippen LogP contribution in [-0.4, -0.2) is 55.7 Å². The molecule has 1 aliphatic rings. The number of hydrogen-bond donors (Lipinski definition) is 1. The van der Waals surface area contributed by atoms with Gasteiger partial charge in [0.25, 0.3) is 0 Å². The number of aromatic carboxylic acids is 1. The molecule has 0 radical (unpaired) electrons. The van der Waals surface area contributed by atoms with Gasteiger partial charge >= 0.3 is 5.97 Å². The summed E-state index contributed by atoms with van der Waals surface area (Å²) in [5.74, 6) is -0.225. The number of aromatic nitrogens is 3. The molecule has 1 aromatic carbocycles. The monoisotopic (exact) mass is 380 g/mol. The van der Waals surface area contributed by atoms with E-state index in [0.29, 0.717) is 11.7 Å². The SMILES string of the molecule is CC(C)N1CCC(Oc2ccc3c(c2)cc(C(=O)O)n3-c2cncnc2)CC1. The molecule has 2 aromatic heterocycles. The number of fused-ring (bicyclic) bond motifs is 1. The topological polar surface area (TPSA) is 80.5 Å². The lowest BCUT2D eigenvalue weighted by molar-refractivity contribution is 0.0688. The molecule has 1 saturated heterocycles. The van der Waals surface area contributed by atoms with Crippen molar-refractivity contribution in [3.05, 3.63) is 48.7 Å². The fraction of sp³-hybridized carbons (Fsp3) is 0.381. The molecule has 28 heavy (non-hydrogen) atoms. The van der Waals surface area contributed by atoms with Crippen LogP contribution in [0.3, 0.4) is 0 Å². The first-order valence-electron chi connectivity index (χ1n) is 9.58. The number of rotatable bonds is 5. The third-order valence-electron chi connectivity index (χ3n) is 5.31. The highest BCUT2D eigenvalue weighted by Gasteiger charge is 2.22. The van der Waals surface area contributed by atoms with Crippen molar-refractivity contribution in [2.45, 2.75) is 38.8 Å². The third-order valence-corrected chi connectivity index (χ3v) is 5.31. The molecule has 0 aliphatic carbocycles. The minimum Gasteiger partial charge on any atom is -0.490 e. The van der Waals surface area contributed by atoms with Gasteiger partial charge in [-0.3, -0.25) is 0 Å². The molecule has 0 spiro atoms. The van der Waals surface area contributed by atoms with Crippen molar-refractivity contribution in [1.29, 1.82) is 0 Å². The van der Waals surface area contributed by atoms with Crippen LogP contribution >= 0.6 is 0 Å². The van der Waals surface area contributed by atoms with Crippen LogP contribution < -0.4 is 4.74 Å². The molecule has 0 atom stereocenters. The van der Waals surface area contributed by atoms with Crippen LogP contribution in [-0.2, 0) is 0 Å². The average molecular weight is 380 g/mol. The van der Waals surface area contributed by atoms with Crippen LogP contribution in [0.25, 0.3) is 16.6 Å². The summed E-state index contributed by atoms with van der Waals surface area (Å²) < 4.78 is 7.85. The van der Waals surface area contributed by atoms with Gasteiger partial charge < -0.3 is 19.3 Å². The van der Waals surface area contributed by atoms with E-state index >= 15 is 0 Å². The van der Waals surface area contributed by atoms with Gasteiger partial charge in [0.1, 0.15) is 23.9 Å². The van der Waals surface area contributed by atoms with Gasteiger partial charge in [-0.1, -0.05) is 0 Å². The molecule has 0 amide bonds. The number of benzene rings is 1. The van der Waals surface area contributed by atoms with Crippen molar-refractivity contribution in [2.24, 2.45) is 0 Å². The molecule has 0 saturated carbocycles. The fourth-order valence-corrected chi connectivity index (χ4v) is 3.81. The maximum atomic E-state index is 11.8. The van der Waals surface area contributed by atoms with E-state index in [0.717, 1.165) is 42.6 Å². The zero-order valence-corrected chi connectivity index (χ0v) is 16.1. The summed E-state index contributed by atoms with van der Waals surface area (Å²) in [5, 5.41) is 10.4. The molecular weight excluding hydrogens is 356 g/mol. The van der Waals surface area contributed by atoms with E-state index in [1.54, 1.807) is 23.0 Å². The number of hydrogen-bond acceptors (Lipinski definition) is 5. The van der Waals surface area contributed by atoms with Crippen LogP contribution in [0.1, 0.15) is 37.2 Å². The summed E-state index contributed by atoms with van der Waals surface area (Å²) in [5.41, 5.74) is 1.57. The second-order valence-corrected chi connectivity index (χ2v) is 7.43. The zero-order valence-electron chi connectivity index (χ0n) is 16.1. The number of likely N-dealkylation sites (tertiary alicyclic amines) is 1. The molecule has 4 rings (SSSR count). The van der Waals surface area contributed by atoms with Gasteiger partial charge in [-0.05, 0) is 51.0 Å². The number of nitrogens with zero attached hydrogens (tertiary/aromatic N) is 4. The third kappa shape index (κ3) is 3.57. The van der Waals surface area contributed by atoms with E-state index in [-0.39, 0.29) is 11.8 Å². The quantitative estimate of drug-likeness (QED) is 0.731. The smallest absolute Gasteiger partial charge is 0.352 e. The van der Waals surface area contributed by atoms with Gasteiger partial charge in [0.15, 0.2) is 0 Å². The summed E-state index contributed by atoms with van der Waals surface area (Å²) in [6, 6.07) is 7.94. The van der Waals surface area contributed by atoms with Crippen LogP contribution in [0.4, 0.5) is 0 Å². The maximum Gasteiger partial charge on any atom is 0.352 e. The summed E-state index contributed by atoms with van der Waals surface area (Å²) in [6.45, 7) is 6.52. The van der Waals surface area contributed by atoms with Gasteiger partial charge in [0, 0.05) is 24.5 Å². The van der Waals surface area contributed by atoms with Crippen molar-refractivity contribution in [1.82, 2.24) is 19.4 Å². The lowest BCUT2D eigenvalue weighted by Gasteiger charge is -2.34.